The number of fused-ring (bicyclic) bond motifs is 1. The minimum atomic E-state index is 0.761. The van der Waals surface area contributed by atoms with Gasteiger partial charge in [-0.1, -0.05) is 6.07 Å². The van der Waals surface area contributed by atoms with Crippen LogP contribution in [-0.4, -0.2) is 33.5 Å². The minimum absolute atomic E-state index is 0.761. The van der Waals surface area contributed by atoms with Gasteiger partial charge < -0.3 is 4.74 Å². The zero-order valence-electron chi connectivity index (χ0n) is 16.1. The van der Waals surface area contributed by atoms with Gasteiger partial charge in [0.15, 0.2) is 5.82 Å². The van der Waals surface area contributed by atoms with Gasteiger partial charge in [-0.3, -0.25) is 9.88 Å². The molecule has 0 unspecified atom stereocenters. The van der Waals surface area contributed by atoms with E-state index in [9.17, 15) is 0 Å². The molecule has 138 valence electrons. The van der Waals surface area contributed by atoms with Crippen molar-refractivity contribution in [2.75, 3.05) is 13.7 Å². The number of benzene rings is 1. The van der Waals surface area contributed by atoms with Crippen molar-refractivity contribution in [3.8, 4) is 17.1 Å². The van der Waals surface area contributed by atoms with Crippen LogP contribution in [-0.2, 0) is 19.5 Å². The van der Waals surface area contributed by atoms with E-state index in [1.807, 2.05) is 24.5 Å². The quantitative estimate of drug-likeness (QED) is 0.710. The number of hydrogen-bond acceptors (Lipinski definition) is 5. The molecule has 3 heterocycles. The van der Waals surface area contributed by atoms with Crippen LogP contribution < -0.4 is 4.74 Å². The van der Waals surface area contributed by atoms with Gasteiger partial charge in [0.1, 0.15) is 5.75 Å². The van der Waals surface area contributed by atoms with Gasteiger partial charge in [0.25, 0.3) is 0 Å². The second-order valence-corrected chi connectivity index (χ2v) is 7.04. The number of rotatable bonds is 4. The number of methoxy groups -OCH3 is 1. The molecule has 27 heavy (non-hydrogen) atoms. The summed E-state index contributed by atoms with van der Waals surface area (Å²) in [5.74, 6) is 1.72. The Morgan fingerprint density at radius 1 is 1.11 bits per heavy atom. The third-order valence-electron chi connectivity index (χ3n) is 5.40. The first-order valence-electron chi connectivity index (χ1n) is 9.26. The molecule has 1 aliphatic heterocycles. The average molecular weight is 360 g/mol. The Balaban J connectivity index is 1.52. The second-order valence-electron chi connectivity index (χ2n) is 7.04. The molecule has 5 nitrogen and oxygen atoms in total. The minimum Gasteiger partial charge on any atom is -0.496 e. The van der Waals surface area contributed by atoms with E-state index in [0.29, 0.717) is 0 Å². The summed E-state index contributed by atoms with van der Waals surface area (Å²) < 4.78 is 5.43. The molecule has 2 aromatic heterocycles. The van der Waals surface area contributed by atoms with Crippen molar-refractivity contribution in [1.29, 1.82) is 0 Å². The summed E-state index contributed by atoms with van der Waals surface area (Å²) in [4.78, 5) is 16.0. The van der Waals surface area contributed by atoms with E-state index in [1.165, 1.54) is 22.3 Å². The fraction of sp³-hybridized carbons (Fsp3) is 0.318. The number of nitrogens with zero attached hydrogens (tertiary/aromatic N) is 4. The molecule has 0 saturated carbocycles. The maximum atomic E-state index is 5.43. The Morgan fingerprint density at radius 3 is 2.78 bits per heavy atom. The van der Waals surface area contributed by atoms with Crippen molar-refractivity contribution in [3.05, 3.63) is 70.8 Å². The molecular weight excluding hydrogens is 336 g/mol. The predicted octanol–water partition coefficient (Wildman–Crippen LogP) is 3.72. The van der Waals surface area contributed by atoms with Gasteiger partial charge in [-0.15, -0.1) is 0 Å². The maximum absolute atomic E-state index is 5.43. The highest BCUT2D eigenvalue weighted by molar-refractivity contribution is 5.53. The van der Waals surface area contributed by atoms with E-state index in [-0.39, 0.29) is 0 Å². The molecule has 0 saturated heterocycles. The van der Waals surface area contributed by atoms with Gasteiger partial charge in [0, 0.05) is 55.8 Å². The van der Waals surface area contributed by atoms with Crippen LogP contribution >= 0.6 is 0 Å². The fourth-order valence-corrected chi connectivity index (χ4v) is 3.63. The lowest BCUT2D eigenvalue weighted by Gasteiger charge is -2.29. The Morgan fingerprint density at radius 2 is 2.00 bits per heavy atom. The standard InChI is InChI=1S/C22H24N4O/c1-15-16(2)21(27-3)7-6-18(15)13-26-10-8-20-19(14-26)12-24-22(25-20)17-5-4-9-23-11-17/h4-7,9,11-12H,8,10,13-14H2,1-3H3. The largest absolute Gasteiger partial charge is 0.496 e. The van der Waals surface area contributed by atoms with Gasteiger partial charge >= 0.3 is 0 Å². The molecule has 5 heteroatoms. The second kappa shape index (κ2) is 7.45. The maximum Gasteiger partial charge on any atom is 0.160 e. The highest BCUT2D eigenvalue weighted by Gasteiger charge is 2.20. The van der Waals surface area contributed by atoms with Crippen LogP contribution in [0.2, 0.25) is 0 Å². The van der Waals surface area contributed by atoms with Crippen molar-refractivity contribution in [2.45, 2.75) is 33.4 Å². The monoisotopic (exact) mass is 360 g/mol. The van der Waals surface area contributed by atoms with Gasteiger partial charge in [0.05, 0.1) is 12.8 Å². The Bertz CT molecular complexity index is 956. The van der Waals surface area contributed by atoms with E-state index >= 15 is 0 Å². The SMILES string of the molecule is COc1ccc(CN2CCc3nc(-c4cccnc4)ncc3C2)c(C)c1C. The van der Waals surface area contributed by atoms with Gasteiger partial charge in [-0.05, 0) is 48.7 Å². The summed E-state index contributed by atoms with van der Waals surface area (Å²) in [6.45, 7) is 7.11. The first kappa shape index (κ1) is 17.6. The van der Waals surface area contributed by atoms with Crippen LogP contribution in [0.4, 0.5) is 0 Å². The zero-order valence-corrected chi connectivity index (χ0v) is 16.1. The topological polar surface area (TPSA) is 51.1 Å². The van der Waals surface area contributed by atoms with Crippen molar-refractivity contribution in [3.63, 3.8) is 0 Å². The molecule has 0 atom stereocenters. The van der Waals surface area contributed by atoms with Crippen LogP contribution in [0.25, 0.3) is 11.4 Å². The third-order valence-corrected chi connectivity index (χ3v) is 5.40. The van der Waals surface area contributed by atoms with Gasteiger partial charge in [-0.2, -0.15) is 0 Å². The summed E-state index contributed by atoms with van der Waals surface area (Å²) >= 11 is 0. The molecule has 0 aliphatic carbocycles. The lowest BCUT2D eigenvalue weighted by molar-refractivity contribution is 0.242. The zero-order chi connectivity index (χ0) is 18.8. The molecule has 1 aromatic carbocycles. The summed E-state index contributed by atoms with van der Waals surface area (Å²) in [5, 5.41) is 0. The van der Waals surface area contributed by atoms with Crippen molar-refractivity contribution < 1.29 is 4.74 Å². The molecule has 0 N–H and O–H groups in total. The van der Waals surface area contributed by atoms with Crippen LogP contribution in [0, 0.1) is 13.8 Å². The molecule has 0 spiro atoms. The normalized spacial score (nSPS) is 14.0. The highest BCUT2D eigenvalue weighted by Crippen LogP contribution is 2.27. The van der Waals surface area contributed by atoms with E-state index < -0.39 is 0 Å². The molecule has 3 aromatic rings. The third kappa shape index (κ3) is 3.55. The molecule has 1 aliphatic rings. The summed E-state index contributed by atoms with van der Waals surface area (Å²) in [7, 11) is 1.72. The first-order valence-corrected chi connectivity index (χ1v) is 9.26. The van der Waals surface area contributed by atoms with Crippen LogP contribution in [0.3, 0.4) is 0 Å². The van der Waals surface area contributed by atoms with Gasteiger partial charge in [-0.25, -0.2) is 9.97 Å². The Kier molecular flexibility index (Phi) is 4.86. The molecule has 0 bridgehead atoms. The van der Waals surface area contributed by atoms with E-state index in [2.05, 4.69) is 40.8 Å². The number of hydrogen-bond donors (Lipinski definition) is 0. The molecule has 4 rings (SSSR count). The number of ether oxygens (including phenoxy) is 1. The first-order chi connectivity index (χ1) is 13.2. The molecule has 0 radical (unpaired) electrons. The number of pyridine rings is 1. The lowest BCUT2D eigenvalue weighted by Crippen LogP contribution is -2.31. The van der Waals surface area contributed by atoms with Crippen LogP contribution in [0.1, 0.15) is 27.9 Å². The summed E-state index contributed by atoms with van der Waals surface area (Å²) in [5.41, 5.74) is 7.22. The van der Waals surface area contributed by atoms with Crippen molar-refractivity contribution in [2.24, 2.45) is 0 Å². The Hall–Kier alpha value is -2.79. The van der Waals surface area contributed by atoms with Crippen LogP contribution in [0.15, 0.2) is 42.9 Å². The van der Waals surface area contributed by atoms with Crippen molar-refractivity contribution in [1.82, 2.24) is 19.9 Å². The number of aromatic nitrogens is 3. The van der Waals surface area contributed by atoms with Crippen molar-refractivity contribution >= 4 is 0 Å². The van der Waals surface area contributed by atoms with E-state index in [1.54, 1.807) is 13.3 Å². The highest BCUT2D eigenvalue weighted by atomic mass is 16.5. The smallest absolute Gasteiger partial charge is 0.160 e. The lowest BCUT2D eigenvalue weighted by atomic mass is 10.0. The average Bonchev–Trinajstić information content (AvgIpc) is 2.72. The molecular formula is C22H24N4O. The molecule has 0 fully saturated rings. The summed E-state index contributed by atoms with van der Waals surface area (Å²) in [6, 6.07) is 8.16. The molecule has 0 amide bonds. The van der Waals surface area contributed by atoms with E-state index in [4.69, 9.17) is 9.72 Å². The van der Waals surface area contributed by atoms with Gasteiger partial charge in [0.2, 0.25) is 0 Å². The van der Waals surface area contributed by atoms with Crippen LogP contribution in [0.5, 0.6) is 5.75 Å². The van der Waals surface area contributed by atoms with E-state index in [0.717, 1.165) is 48.9 Å². The Labute approximate surface area is 160 Å². The predicted molar refractivity (Wildman–Crippen MR) is 106 cm³/mol. The fourth-order valence-electron chi connectivity index (χ4n) is 3.63. The summed E-state index contributed by atoms with van der Waals surface area (Å²) in [6.07, 6.45) is 6.50.